The van der Waals surface area contributed by atoms with E-state index in [0.29, 0.717) is 5.56 Å². The predicted molar refractivity (Wildman–Crippen MR) is 63.5 cm³/mol. The minimum absolute atomic E-state index is 0.0795. The van der Waals surface area contributed by atoms with Crippen LogP contribution in [0.5, 0.6) is 0 Å². The molecule has 98 valence electrons. The Bertz CT molecular complexity index is 750. The van der Waals surface area contributed by atoms with Gasteiger partial charge in [0.1, 0.15) is 0 Å². The minimum Gasteiger partial charge on any atom is -0.268 e. The van der Waals surface area contributed by atoms with Gasteiger partial charge in [0, 0.05) is 18.2 Å². The third-order valence-corrected chi connectivity index (χ3v) is 2.44. The molecule has 0 aliphatic carbocycles. The normalized spacial score (nSPS) is 10.4. The van der Waals surface area contributed by atoms with E-state index in [1.807, 2.05) is 0 Å². The van der Waals surface area contributed by atoms with Gasteiger partial charge in [-0.25, -0.2) is 4.68 Å². The van der Waals surface area contributed by atoms with Crippen molar-refractivity contribution in [3.05, 3.63) is 72.5 Å². The number of H-pyrrole nitrogens is 1. The van der Waals surface area contributed by atoms with Gasteiger partial charge < -0.3 is 0 Å². The zero-order chi connectivity index (χ0) is 14.0. The molecule has 1 aromatic heterocycles. The van der Waals surface area contributed by atoms with Crippen LogP contribution in [0.2, 0.25) is 0 Å². The summed E-state index contributed by atoms with van der Waals surface area (Å²) in [5, 5.41) is 12.7. The van der Waals surface area contributed by atoms with Crippen LogP contribution in [0.3, 0.4) is 0 Å². The maximum absolute atomic E-state index is 13.4. The molecule has 19 heavy (non-hydrogen) atoms. The second kappa shape index (κ2) is 4.84. The van der Waals surface area contributed by atoms with E-state index >= 15 is 0 Å². The zero-order valence-electron chi connectivity index (χ0n) is 9.50. The van der Waals surface area contributed by atoms with Crippen molar-refractivity contribution in [2.45, 2.75) is 6.54 Å². The van der Waals surface area contributed by atoms with Crippen LogP contribution < -0.4 is 11.1 Å². The van der Waals surface area contributed by atoms with Crippen LogP contribution >= 0.6 is 0 Å². The summed E-state index contributed by atoms with van der Waals surface area (Å²) in [7, 11) is 0. The van der Waals surface area contributed by atoms with Gasteiger partial charge in [-0.05, 0) is 11.6 Å². The van der Waals surface area contributed by atoms with Gasteiger partial charge >= 0.3 is 5.69 Å². The summed E-state index contributed by atoms with van der Waals surface area (Å²) >= 11 is 0. The predicted octanol–water partition coefficient (Wildman–Crippen LogP) is 0.632. The van der Waals surface area contributed by atoms with Crippen molar-refractivity contribution in [2.24, 2.45) is 0 Å². The van der Waals surface area contributed by atoms with Crippen LogP contribution in [0, 0.1) is 15.9 Å². The highest BCUT2D eigenvalue weighted by atomic mass is 19.1. The lowest BCUT2D eigenvalue weighted by atomic mass is 10.2. The lowest BCUT2D eigenvalue weighted by Gasteiger charge is -2.05. The van der Waals surface area contributed by atoms with E-state index < -0.39 is 27.5 Å². The molecular formula is C11H8FN3O4. The molecule has 0 unspecified atom stereocenters. The van der Waals surface area contributed by atoms with Crippen molar-refractivity contribution in [3.63, 3.8) is 0 Å². The smallest absolute Gasteiger partial charge is 0.268 e. The molecular weight excluding hydrogens is 257 g/mol. The van der Waals surface area contributed by atoms with E-state index in [0.717, 1.165) is 28.9 Å². The number of rotatable bonds is 3. The molecule has 2 aromatic rings. The standard InChI is InChI=1S/C11H8FN3O4/c12-8-5-7(1-2-9(8)15(18)19)6-14-11(17)4-3-10(16)13-14/h1-5H,6H2,(H,13,16). The van der Waals surface area contributed by atoms with Crippen molar-refractivity contribution >= 4 is 5.69 Å². The van der Waals surface area contributed by atoms with Crippen molar-refractivity contribution in [1.29, 1.82) is 0 Å². The largest absolute Gasteiger partial charge is 0.304 e. The topological polar surface area (TPSA) is 98.0 Å². The SMILES string of the molecule is O=c1ccc(=O)n(Cc2ccc([N+](=O)[O-])c(F)c2)[nH]1. The van der Waals surface area contributed by atoms with Crippen molar-refractivity contribution in [1.82, 2.24) is 9.78 Å². The lowest BCUT2D eigenvalue weighted by molar-refractivity contribution is -0.387. The fraction of sp³-hybridized carbons (Fsp3) is 0.0909. The summed E-state index contributed by atoms with van der Waals surface area (Å²) in [6, 6.07) is 5.45. The Kier molecular flexibility index (Phi) is 3.23. The molecule has 0 spiro atoms. The van der Waals surface area contributed by atoms with Crippen LogP contribution in [-0.4, -0.2) is 14.7 Å². The van der Waals surface area contributed by atoms with Crippen LogP contribution in [-0.2, 0) is 6.54 Å². The first-order valence-electron chi connectivity index (χ1n) is 5.20. The number of aromatic nitrogens is 2. The molecule has 0 bridgehead atoms. The van der Waals surface area contributed by atoms with Crippen molar-refractivity contribution in [3.8, 4) is 0 Å². The third kappa shape index (κ3) is 2.73. The number of halogens is 1. The molecule has 0 aliphatic heterocycles. The first-order chi connectivity index (χ1) is 8.97. The maximum atomic E-state index is 13.4. The Balaban J connectivity index is 2.37. The fourth-order valence-corrected chi connectivity index (χ4v) is 1.56. The number of nitro benzene ring substituents is 1. The van der Waals surface area contributed by atoms with Gasteiger partial charge in [0.25, 0.3) is 11.1 Å². The highest BCUT2D eigenvalue weighted by molar-refractivity contribution is 5.35. The number of nitrogens with zero attached hydrogens (tertiary/aromatic N) is 2. The summed E-state index contributed by atoms with van der Waals surface area (Å²) in [5.41, 5.74) is -1.25. The second-order valence-corrected chi connectivity index (χ2v) is 3.78. The monoisotopic (exact) mass is 265 g/mol. The molecule has 8 heteroatoms. The molecule has 0 saturated heterocycles. The first-order valence-corrected chi connectivity index (χ1v) is 5.20. The molecule has 0 radical (unpaired) electrons. The molecule has 7 nitrogen and oxygen atoms in total. The van der Waals surface area contributed by atoms with E-state index in [-0.39, 0.29) is 6.54 Å². The summed E-state index contributed by atoms with van der Waals surface area (Å²) in [4.78, 5) is 32.1. The van der Waals surface area contributed by atoms with Gasteiger partial charge in [0.15, 0.2) is 0 Å². The quantitative estimate of drug-likeness (QED) is 0.650. The Morgan fingerprint density at radius 2 is 2.00 bits per heavy atom. The molecule has 1 N–H and O–H groups in total. The van der Waals surface area contributed by atoms with Crippen molar-refractivity contribution < 1.29 is 9.31 Å². The Morgan fingerprint density at radius 3 is 2.63 bits per heavy atom. The van der Waals surface area contributed by atoms with E-state index in [1.165, 1.54) is 6.07 Å². The van der Waals surface area contributed by atoms with E-state index in [2.05, 4.69) is 5.10 Å². The molecule has 0 atom stereocenters. The van der Waals surface area contributed by atoms with Gasteiger partial charge in [-0.1, -0.05) is 6.07 Å². The van der Waals surface area contributed by atoms with E-state index in [9.17, 15) is 24.1 Å². The van der Waals surface area contributed by atoms with E-state index in [1.54, 1.807) is 0 Å². The van der Waals surface area contributed by atoms with Gasteiger partial charge in [0.05, 0.1) is 11.5 Å². The first kappa shape index (κ1) is 12.7. The average Bonchev–Trinajstić information content (AvgIpc) is 2.33. The summed E-state index contributed by atoms with van der Waals surface area (Å²) in [6.45, 7) is -0.0795. The highest BCUT2D eigenvalue weighted by Gasteiger charge is 2.13. The Morgan fingerprint density at radius 1 is 1.26 bits per heavy atom. The molecule has 0 saturated carbocycles. The highest BCUT2D eigenvalue weighted by Crippen LogP contribution is 2.18. The summed E-state index contributed by atoms with van der Waals surface area (Å²) in [5.74, 6) is -0.992. The number of benzene rings is 1. The molecule has 2 rings (SSSR count). The number of hydrogen-bond donors (Lipinski definition) is 1. The van der Waals surface area contributed by atoms with Crippen LogP contribution in [0.25, 0.3) is 0 Å². The number of aromatic amines is 1. The summed E-state index contributed by atoms with van der Waals surface area (Å²) < 4.78 is 14.4. The number of hydrogen-bond acceptors (Lipinski definition) is 4. The third-order valence-electron chi connectivity index (χ3n) is 2.44. The van der Waals surface area contributed by atoms with Gasteiger partial charge in [-0.15, -0.1) is 0 Å². The van der Waals surface area contributed by atoms with Gasteiger partial charge in [-0.3, -0.25) is 24.8 Å². The lowest BCUT2D eigenvalue weighted by Crippen LogP contribution is -2.28. The van der Waals surface area contributed by atoms with Crippen LogP contribution in [0.1, 0.15) is 5.56 Å². The van der Waals surface area contributed by atoms with Crippen LogP contribution in [0.4, 0.5) is 10.1 Å². The zero-order valence-corrected chi connectivity index (χ0v) is 9.50. The molecule has 1 aromatic carbocycles. The van der Waals surface area contributed by atoms with E-state index in [4.69, 9.17) is 0 Å². The maximum Gasteiger partial charge on any atom is 0.304 e. The molecule has 1 heterocycles. The number of nitrogens with one attached hydrogen (secondary N) is 1. The van der Waals surface area contributed by atoms with Crippen LogP contribution in [0.15, 0.2) is 39.9 Å². The Labute approximate surface area is 105 Å². The van der Waals surface area contributed by atoms with Gasteiger partial charge in [0.2, 0.25) is 5.82 Å². The molecule has 0 fully saturated rings. The molecule has 0 amide bonds. The fourth-order valence-electron chi connectivity index (χ4n) is 1.56. The minimum atomic E-state index is -0.992. The second-order valence-electron chi connectivity index (χ2n) is 3.78. The Hall–Kier alpha value is -2.77. The van der Waals surface area contributed by atoms with Gasteiger partial charge in [-0.2, -0.15) is 4.39 Å². The van der Waals surface area contributed by atoms with Crippen molar-refractivity contribution in [2.75, 3.05) is 0 Å². The summed E-state index contributed by atoms with van der Waals surface area (Å²) in [6.07, 6.45) is 0. The molecule has 0 aliphatic rings. The average molecular weight is 265 g/mol. The number of nitro groups is 1.